The van der Waals surface area contributed by atoms with E-state index in [0.29, 0.717) is 23.8 Å². The molecule has 0 saturated heterocycles. The monoisotopic (exact) mass is 302 g/mol. The molecule has 22 heavy (non-hydrogen) atoms. The molecule has 1 aliphatic heterocycles. The predicted octanol–water partition coefficient (Wildman–Crippen LogP) is 2.79. The Kier molecular flexibility index (Phi) is 4.09. The summed E-state index contributed by atoms with van der Waals surface area (Å²) in [6.07, 6.45) is -0.270. The summed E-state index contributed by atoms with van der Waals surface area (Å²) in [6.45, 7) is 0.646. The van der Waals surface area contributed by atoms with E-state index in [1.54, 1.807) is 6.07 Å². The molecule has 3 rings (SSSR count). The van der Waals surface area contributed by atoms with E-state index in [2.05, 4.69) is 10.6 Å². The number of carbonyl (C=O) groups excluding carboxylic acids is 1. The van der Waals surface area contributed by atoms with Gasteiger partial charge in [0.05, 0.1) is 6.54 Å². The van der Waals surface area contributed by atoms with Gasteiger partial charge in [-0.05, 0) is 30.3 Å². The average Bonchev–Trinajstić information content (AvgIpc) is 2.53. The second kappa shape index (κ2) is 6.34. The van der Waals surface area contributed by atoms with Gasteiger partial charge in [-0.15, -0.1) is 0 Å². The quantitative estimate of drug-likeness (QED) is 0.916. The first-order valence-corrected chi connectivity index (χ1v) is 6.89. The molecule has 0 saturated carbocycles. The molecule has 2 aromatic carbocycles. The van der Waals surface area contributed by atoms with Crippen LogP contribution < -0.4 is 20.1 Å². The van der Waals surface area contributed by atoms with Crippen molar-refractivity contribution in [2.45, 2.75) is 6.10 Å². The highest BCUT2D eigenvalue weighted by Gasteiger charge is 2.20. The zero-order chi connectivity index (χ0) is 15.4. The Morgan fingerprint density at radius 1 is 1.18 bits per heavy atom. The Morgan fingerprint density at radius 2 is 2.00 bits per heavy atom. The van der Waals surface area contributed by atoms with E-state index in [9.17, 15) is 9.18 Å². The van der Waals surface area contributed by atoms with Gasteiger partial charge in [0.2, 0.25) is 0 Å². The zero-order valence-corrected chi connectivity index (χ0v) is 11.7. The van der Waals surface area contributed by atoms with Crippen molar-refractivity contribution in [3.8, 4) is 11.5 Å². The Hall–Kier alpha value is -2.76. The van der Waals surface area contributed by atoms with Crippen LogP contribution in [0.4, 0.5) is 14.9 Å². The maximum atomic E-state index is 13.0. The fourth-order valence-electron chi connectivity index (χ4n) is 2.11. The van der Waals surface area contributed by atoms with Gasteiger partial charge in [-0.2, -0.15) is 0 Å². The van der Waals surface area contributed by atoms with Gasteiger partial charge in [-0.1, -0.05) is 18.2 Å². The number of para-hydroxylation sites is 2. The highest BCUT2D eigenvalue weighted by Crippen LogP contribution is 2.30. The van der Waals surface area contributed by atoms with Gasteiger partial charge in [0.15, 0.2) is 17.6 Å². The predicted molar refractivity (Wildman–Crippen MR) is 79.8 cm³/mol. The second-order valence-corrected chi connectivity index (χ2v) is 4.84. The molecule has 0 spiro atoms. The van der Waals surface area contributed by atoms with Crippen molar-refractivity contribution in [1.29, 1.82) is 0 Å². The lowest BCUT2D eigenvalue weighted by Crippen LogP contribution is -2.42. The van der Waals surface area contributed by atoms with Crippen LogP contribution in [0.1, 0.15) is 0 Å². The molecule has 0 fully saturated rings. The smallest absolute Gasteiger partial charge is 0.319 e. The van der Waals surface area contributed by atoms with Crippen molar-refractivity contribution in [2.75, 3.05) is 18.5 Å². The first-order chi connectivity index (χ1) is 10.7. The van der Waals surface area contributed by atoms with Crippen LogP contribution in [0.15, 0.2) is 48.5 Å². The third kappa shape index (κ3) is 3.46. The molecule has 1 aliphatic rings. The van der Waals surface area contributed by atoms with Crippen molar-refractivity contribution >= 4 is 11.7 Å². The maximum absolute atomic E-state index is 13.0. The maximum Gasteiger partial charge on any atom is 0.319 e. The number of rotatable bonds is 3. The summed E-state index contributed by atoms with van der Waals surface area (Å²) in [6, 6.07) is 12.6. The normalized spacial score (nSPS) is 16.0. The van der Waals surface area contributed by atoms with Crippen LogP contribution in [0.25, 0.3) is 0 Å². The van der Waals surface area contributed by atoms with Crippen LogP contribution in [-0.2, 0) is 0 Å². The number of benzene rings is 2. The summed E-state index contributed by atoms with van der Waals surface area (Å²) >= 11 is 0. The van der Waals surface area contributed by atoms with E-state index >= 15 is 0 Å². The highest BCUT2D eigenvalue weighted by atomic mass is 19.1. The van der Waals surface area contributed by atoms with Crippen molar-refractivity contribution in [3.05, 3.63) is 54.3 Å². The Morgan fingerprint density at radius 3 is 2.82 bits per heavy atom. The minimum absolute atomic E-state index is 0.270. The Balaban J connectivity index is 1.50. The van der Waals surface area contributed by atoms with Crippen LogP contribution >= 0.6 is 0 Å². The van der Waals surface area contributed by atoms with Crippen molar-refractivity contribution in [2.24, 2.45) is 0 Å². The van der Waals surface area contributed by atoms with Crippen LogP contribution in [0.5, 0.6) is 11.5 Å². The summed E-state index contributed by atoms with van der Waals surface area (Å²) in [5, 5.41) is 5.23. The van der Waals surface area contributed by atoms with E-state index < -0.39 is 11.8 Å². The number of anilines is 1. The number of amides is 2. The van der Waals surface area contributed by atoms with Gasteiger partial charge in [0, 0.05) is 5.69 Å². The molecule has 0 aromatic heterocycles. The molecule has 2 aromatic rings. The number of hydrogen-bond acceptors (Lipinski definition) is 3. The standard InChI is InChI=1S/C16H15FN2O3/c17-11-4-3-5-12(8-11)19-16(20)18-9-13-10-21-14-6-1-2-7-15(14)22-13/h1-8,13H,9-10H2,(H2,18,19,20)/t13-/m1/s1. The van der Waals surface area contributed by atoms with Gasteiger partial charge in [-0.3, -0.25) is 0 Å². The fourth-order valence-corrected chi connectivity index (χ4v) is 2.11. The third-order valence-corrected chi connectivity index (χ3v) is 3.14. The van der Waals surface area contributed by atoms with Gasteiger partial charge >= 0.3 is 6.03 Å². The Bertz CT molecular complexity index is 678. The minimum Gasteiger partial charge on any atom is -0.486 e. The number of ether oxygens (including phenoxy) is 2. The molecule has 0 radical (unpaired) electrons. The summed E-state index contributed by atoms with van der Waals surface area (Å²) in [5.41, 5.74) is 0.392. The van der Waals surface area contributed by atoms with E-state index in [0.717, 1.165) is 0 Å². The minimum atomic E-state index is -0.423. The first-order valence-electron chi connectivity index (χ1n) is 6.89. The molecule has 0 unspecified atom stereocenters. The average molecular weight is 302 g/mol. The molecule has 0 bridgehead atoms. The summed E-state index contributed by atoms with van der Waals surface area (Å²) in [4.78, 5) is 11.8. The number of urea groups is 1. The molecule has 2 amide bonds. The number of fused-ring (bicyclic) bond motifs is 1. The molecule has 6 heteroatoms. The van der Waals surface area contributed by atoms with Gasteiger partial charge in [-0.25, -0.2) is 9.18 Å². The summed E-state index contributed by atoms with van der Waals surface area (Å²) in [7, 11) is 0. The Labute approximate surface area is 127 Å². The molecular weight excluding hydrogens is 287 g/mol. The summed E-state index contributed by atoms with van der Waals surface area (Å²) in [5.74, 6) is 0.951. The first kappa shape index (κ1) is 14.2. The van der Waals surface area contributed by atoms with E-state index in [-0.39, 0.29) is 12.6 Å². The lowest BCUT2D eigenvalue weighted by molar-refractivity contribution is 0.0922. The second-order valence-electron chi connectivity index (χ2n) is 4.84. The molecule has 1 heterocycles. The number of hydrogen-bond donors (Lipinski definition) is 2. The van der Waals surface area contributed by atoms with Gasteiger partial charge in [0.1, 0.15) is 12.4 Å². The van der Waals surface area contributed by atoms with Crippen LogP contribution in [-0.4, -0.2) is 25.3 Å². The zero-order valence-electron chi connectivity index (χ0n) is 11.7. The van der Waals surface area contributed by atoms with E-state index in [4.69, 9.17) is 9.47 Å². The number of halogens is 1. The summed E-state index contributed by atoms with van der Waals surface area (Å²) < 4.78 is 24.3. The van der Waals surface area contributed by atoms with Crippen molar-refractivity contribution in [1.82, 2.24) is 5.32 Å². The molecule has 0 aliphatic carbocycles. The van der Waals surface area contributed by atoms with Crippen molar-refractivity contribution in [3.63, 3.8) is 0 Å². The lowest BCUT2D eigenvalue weighted by Gasteiger charge is -2.26. The van der Waals surface area contributed by atoms with Crippen LogP contribution in [0, 0.1) is 5.82 Å². The van der Waals surface area contributed by atoms with Crippen LogP contribution in [0.2, 0.25) is 0 Å². The molecular formula is C16H15FN2O3. The van der Waals surface area contributed by atoms with Gasteiger partial charge in [0.25, 0.3) is 0 Å². The third-order valence-electron chi connectivity index (χ3n) is 3.14. The molecule has 1 atom stereocenters. The van der Waals surface area contributed by atoms with Crippen LogP contribution in [0.3, 0.4) is 0 Å². The largest absolute Gasteiger partial charge is 0.486 e. The SMILES string of the molecule is O=C(NC[C@@H]1COc2ccccc2O1)Nc1cccc(F)c1. The van der Waals surface area contributed by atoms with E-state index in [1.807, 2.05) is 24.3 Å². The number of nitrogens with one attached hydrogen (secondary N) is 2. The molecule has 114 valence electrons. The highest BCUT2D eigenvalue weighted by molar-refractivity contribution is 5.89. The number of carbonyl (C=O) groups is 1. The van der Waals surface area contributed by atoms with Gasteiger partial charge < -0.3 is 20.1 Å². The van der Waals surface area contributed by atoms with E-state index in [1.165, 1.54) is 18.2 Å². The van der Waals surface area contributed by atoms with Crippen molar-refractivity contribution < 1.29 is 18.7 Å². The lowest BCUT2D eigenvalue weighted by atomic mass is 10.2. The molecule has 5 nitrogen and oxygen atoms in total. The topological polar surface area (TPSA) is 59.6 Å². The fraction of sp³-hybridized carbons (Fsp3) is 0.188. The molecule has 2 N–H and O–H groups in total.